The number of nitrogens with zero attached hydrogens (tertiary/aromatic N) is 2. The Bertz CT molecular complexity index is 637. The van der Waals surface area contributed by atoms with Gasteiger partial charge in [-0.25, -0.2) is 4.39 Å². The summed E-state index contributed by atoms with van der Waals surface area (Å²) in [4.78, 5) is 0. The maximum absolute atomic E-state index is 13.6. The Hall–Kier alpha value is -1.20. The molecule has 1 aromatic carbocycles. The third-order valence-corrected chi connectivity index (χ3v) is 4.85. The van der Waals surface area contributed by atoms with Crippen molar-refractivity contribution in [2.45, 2.75) is 39.8 Å². The average Bonchev–Trinajstić information content (AvgIpc) is 2.74. The molecule has 0 bridgehead atoms. The van der Waals surface area contributed by atoms with Gasteiger partial charge in [-0.1, -0.05) is 6.07 Å². The summed E-state index contributed by atoms with van der Waals surface area (Å²) in [5.74, 6) is -0.199. The zero-order valence-electron chi connectivity index (χ0n) is 12.9. The lowest BCUT2D eigenvalue weighted by molar-refractivity contribution is 0.533. The first-order valence-electron chi connectivity index (χ1n) is 7.13. The van der Waals surface area contributed by atoms with E-state index in [2.05, 4.69) is 33.3 Å². The van der Waals surface area contributed by atoms with Gasteiger partial charge in [-0.3, -0.25) is 4.68 Å². The van der Waals surface area contributed by atoms with Gasteiger partial charge in [-0.2, -0.15) is 5.10 Å². The number of halogens is 2. The van der Waals surface area contributed by atoms with E-state index in [1.807, 2.05) is 31.6 Å². The number of rotatable bonds is 5. The Kier molecular flexibility index (Phi) is 5.17. The third kappa shape index (κ3) is 3.35. The molecule has 3 nitrogen and oxygen atoms in total. The Balaban J connectivity index is 2.38. The molecule has 0 saturated heterocycles. The summed E-state index contributed by atoms with van der Waals surface area (Å²) in [6.45, 7) is 6.89. The highest BCUT2D eigenvalue weighted by Gasteiger charge is 2.19. The third-order valence-electron chi connectivity index (χ3n) is 3.82. The maximum atomic E-state index is 13.6. The second kappa shape index (κ2) is 6.71. The van der Waals surface area contributed by atoms with E-state index in [-0.39, 0.29) is 11.9 Å². The number of benzene rings is 1. The molecule has 1 aromatic heterocycles. The summed E-state index contributed by atoms with van der Waals surface area (Å²) in [7, 11) is 1.91. The van der Waals surface area contributed by atoms with Crippen LogP contribution >= 0.6 is 15.9 Å². The van der Waals surface area contributed by atoms with Crippen molar-refractivity contribution in [3.05, 3.63) is 51.0 Å². The van der Waals surface area contributed by atoms with Crippen LogP contribution in [0.15, 0.2) is 22.7 Å². The van der Waals surface area contributed by atoms with E-state index in [9.17, 15) is 4.39 Å². The van der Waals surface area contributed by atoms with Crippen LogP contribution in [0.4, 0.5) is 4.39 Å². The van der Waals surface area contributed by atoms with Gasteiger partial charge >= 0.3 is 0 Å². The molecule has 1 atom stereocenters. The zero-order chi connectivity index (χ0) is 15.6. The van der Waals surface area contributed by atoms with E-state index in [0.717, 1.165) is 40.0 Å². The van der Waals surface area contributed by atoms with E-state index in [1.165, 1.54) is 6.07 Å². The first-order chi connectivity index (χ1) is 9.97. The molecule has 0 aliphatic heterocycles. The monoisotopic (exact) mass is 353 g/mol. The number of hydrogen-bond donors (Lipinski definition) is 1. The fourth-order valence-electron chi connectivity index (χ4n) is 2.61. The summed E-state index contributed by atoms with van der Waals surface area (Å²) in [5, 5.41) is 7.81. The van der Waals surface area contributed by atoms with Crippen LogP contribution in [0.25, 0.3) is 0 Å². The van der Waals surface area contributed by atoms with Crippen LogP contribution in [-0.4, -0.2) is 16.8 Å². The van der Waals surface area contributed by atoms with Gasteiger partial charge in [-0.15, -0.1) is 0 Å². The first-order valence-corrected chi connectivity index (χ1v) is 7.92. The normalized spacial score (nSPS) is 12.7. The molecule has 0 fully saturated rings. The number of aryl methyl sites for hydroxylation is 3. The van der Waals surface area contributed by atoms with E-state index < -0.39 is 0 Å². The Morgan fingerprint density at radius 2 is 2.10 bits per heavy atom. The van der Waals surface area contributed by atoms with E-state index in [1.54, 1.807) is 6.07 Å². The van der Waals surface area contributed by atoms with Crippen LogP contribution in [0.2, 0.25) is 0 Å². The van der Waals surface area contributed by atoms with Gasteiger partial charge in [0, 0.05) is 19.0 Å². The minimum Gasteiger partial charge on any atom is -0.313 e. The van der Waals surface area contributed by atoms with Crippen molar-refractivity contribution >= 4 is 15.9 Å². The summed E-state index contributed by atoms with van der Waals surface area (Å²) >= 11 is 3.62. The second-order valence-corrected chi connectivity index (χ2v) is 6.00. The SMILES string of the molecule is CCn1nc(C)c(Br)c1CC(NC)c1cc(F)ccc1C. The number of hydrogen-bond acceptors (Lipinski definition) is 2. The van der Waals surface area contributed by atoms with Crippen LogP contribution in [0, 0.1) is 19.7 Å². The minimum absolute atomic E-state index is 0.0541. The van der Waals surface area contributed by atoms with Crippen molar-refractivity contribution in [2.75, 3.05) is 7.05 Å². The van der Waals surface area contributed by atoms with Crippen LogP contribution in [0.1, 0.15) is 35.5 Å². The van der Waals surface area contributed by atoms with Crippen molar-refractivity contribution in [3.63, 3.8) is 0 Å². The average molecular weight is 354 g/mol. The maximum Gasteiger partial charge on any atom is 0.123 e. The number of likely N-dealkylation sites (N-methyl/N-ethyl adjacent to an activating group) is 1. The summed E-state index contributed by atoms with van der Waals surface area (Å²) in [5.41, 5.74) is 4.20. The van der Waals surface area contributed by atoms with Gasteiger partial charge in [0.25, 0.3) is 0 Å². The van der Waals surface area contributed by atoms with Gasteiger partial charge < -0.3 is 5.32 Å². The molecule has 1 unspecified atom stereocenters. The van der Waals surface area contributed by atoms with Crippen molar-refractivity contribution in [3.8, 4) is 0 Å². The van der Waals surface area contributed by atoms with E-state index in [0.29, 0.717) is 0 Å². The van der Waals surface area contributed by atoms with Crippen LogP contribution in [0.5, 0.6) is 0 Å². The molecule has 2 aromatic rings. The summed E-state index contributed by atoms with van der Waals surface area (Å²) < 4.78 is 16.6. The van der Waals surface area contributed by atoms with Crippen LogP contribution in [0.3, 0.4) is 0 Å². The topological polar surface area (TPSA) is 29.9 Å². The predicted molar refractivity (Wildman–Crippen MR) is 87.0 cm³/mol. The largest absolute Gasteiger partial charge is 0.313 e. The molecule has 5 heteroatoms. The highest BCUT2D eigenvalue weighted by molar-refractivity contribution is 9.10. The lowest BCUT2D eigenvalue weighted by Crippen LogP contribution is -2.21. The van der Waals surface area contributed by atoms with Gasteiger partial charge in [-0.05, 0) is 67.0 Å². The highest BCUT2D eigenvalue weighted by atomic mass is 79.9. The summed E-state index contributed by atoms with van der Waals surface area (Å²) in [6, 6.07) is 5.00. The van der Waals surface area contributed by atoms with Crippen molar-refractivity contribution in [2.24, 2.45) is 0 Å². The smallest absolute Gasteiger partial charge is 0.123 e. The first kappa shape index (κ1) is 16.2. The lowest BCUT2D eigenvalue weighted by atomic mass is 9.97. The molecule has 0 saturated carbocycles. The number of aromatic nitrogens is 2. The van der Waals surface area contributed by atoms with Crippen LogP contribution in [-0.2, 0) is 13.0 Å². The van der Waals surface area contributed by atoms with Gasteiger partial charge in [0.1, 0.15) is 5.82 Å². The molecular formula is C16H21BrFN3. The molecule has 0 aliphatic rings. The highest BCUT2D eigenvalue weighted by Crippen LogP contribution is 2.28. The Morgan fingerprint density at radius 3 is 2.71 bits per heavy atom. The fraction of sp³-hybridized carbons (Fsp3) is 0.438. The molecule has 0 spiro atoms. The molecular weight excluding hydrogens is 333 g/mol. The lowest BCUT2D eigenvalue weighted by Gasteiger charge is -2.20. The second-order valence-electron chi connectivity index (χ2n) is 5.21. The molecule has 2 rings (SSSR count). The quantitative estimate of drug-likeness (QED) is 0.882. The molecule has 0 amide bonds. The Labute approximate surface area is 133 Å². The molecule has 1 N–H and O–H groups in total. The predicted octanol–water partition coefficient (Wildman–Crippen LogP) is 3.92. The molecule has 1 heterocycles. The van der Waals surface area contributed by atoms with Crippen molar-refractivity contribution in [1.82, 2.24) is 15.1 Å². The van der Waals surface area contributed by atoms with E-state index >= 15 is 0 Å². The van der Waals surface area contributed by atoms with Gasteiger partial charge in [0.05, 0.1) is 15.9 Å². The number of nitrogens with one attached hydrogen (secondary N) is 1. The standard InChI is InChI=1S/C16H21BrFN3/c1-5-21-15(16(17)11(3)20-21)9-14(19-4)13-8-12(18)7-6-10(13)2/h6-8,14,19H,5,9H2,1-4H3. The van der Waals surface area contributed by atoms with E-state index in [4.69, 9.17) is 0 Å². The zero-order valence-corrected chi connectivity index (χ0v) is 14.5. The fourth-order valence-corrected chi connectivity index (χ4v) is 3.06. The molecule has 0 aliphatic carbocycles. The minimum atomic E-state index is -0.199. The van der Waals surface area contributed by atoms with Crippen molar-refractivity contribution in [1.29, 1.82) is 0 Å². The van der Waals surface area contributed by atoms with Gasteiger partial charge in [0.2, 0.25) is 0 Å². The molecule has 21 heavy (non-hydrogen) atoms. The Morgan fingerprint density at radius 1 is 1.38 bits per heavy atom. The summed E-state index contributed by atoms with van der Waals surface area (Å²) in [6.07, 6.45) is 0.760. The van der Waals surface area contributed by atoms with Crippen molar-refractivity contribution < 1.29 is 4.39 Å². The van der Waals surface area contributed by atoms with Crippen LogP contribution < -0.4 is 5.32 Å². The van der Waals surface area contributed by atoms with Gasteiger partial charge in [0.15, 0.2) is 0 Å². The molecule has 0 radical (unpaired) electrons. The molecule has 114 valence electrons.